The second kappa shape index (κ2) is 8.05. The lowest BCUT2D eigenvalue weighted by Crippen LogP contribution is -2.44. The number of halogens is 3. The first-order valence-corrected chi connectivity index (χ1v) is 12.1. The molecule has 0 unspecified atom stereocenters. The maximum atomic E-state index is 13.4. The molecular weight excluding hydrogens is 431 g/mol. The molecule has 0 bridgehead atoms. The number of nitrogens with zero attached hydrogens (tertiary/aromatic N) is 3. The maximum absolute atomic E-state index is 13.4. The number of aliphatic imine (C=N–C) groups is 1. The number of amides is 1. The molecule has 1 fully saturated rings. The minimum absolute atomic E-state index is 0.147. The SMILES string of the molecule is CS(=O)(=O)N1CCC2=C(C1)C(C(=O)N1CCC(c3ccccc3C(F)(F)F)CC1)=NC2. The van der Waals surface area contributed by atoms with Crippen molar-refractivity contribution in [3.05, 3.63) is 46.5 Å². The van der Waals surface area contributed by atoms with E-state index in [9.17, 15) is 26.4 Å². The monoisotopic (exact) mass is 455 g/mol. The summed E-state index contributed by atoms with van der Waals surface area (Å²) in [5, 5.41) is 0. The van der Waals surface area contributed by atoms with Gasteiger partial charge >= 0.3 is 6.18 Å². The molecule has 0 N–H and O–H groups in total. The first-order chi connectivity index (χ1) is 14.6. The second-order valence-corrected chi connectivity index (χ2v) is 10.2. The Kier molecular flexibility index (Phi) is 5.72. The normalized spacial score (nSPS) is 21.3. The van der Waals surface area contributed by atoms with Gasteiger partial charge in [0, 0.05) is 26.2 Å². The quantitative estimate of drug-likeness (QED) is 0.704. The van der Waals surface area contributed by atoms with Gasteiger partial charge in [0.25, 0.3) is 5.91 Å². The van der Waals surface area contributed by atoms with E-state index in [2.05, 4.69) is 4.99 Å². The van der Waals surface area contributed by atoms with E-state index in [1.165, 1.54) is 16.4 Å². The van der Waals surface area contributed by atoms with E-state index in [0.717, 1.165) is 17.9 Å². The Balaban J connectivity index is 1.45. The Bertz CT molecular complexity index is 1060. The summed E-state index contributed by atoms with van der Waals surface area (Å²) in [5.41, 5.74) is 1.65. The highest BCUT2D eigenvalue weighted by molar-refractivity contribution is 7.88. The third-order valence-electron chi connectivity index (χ3n) is 6.30. The van der Waals surface area contributed by atoms with Crippen LogP contribution in [0.3, 0.4) is 0 Å². The van der Waals surface area contributed by atoms with Gasteiger partial charge in [-0.05, 0) is 48.0 Å². The lowest BCUT2D eigenvalue weighted by molar-refractivity contribution is -0.138. The van der Waals surface area contributed by atoms with Crippen LogP contribution in [0.2, 0.25) is 0 Å². The fraction of sp³-hybridized carbons (Fsp3) is 0.524. The molecule has 1 saturated heterocycles. The average molecular weight is 456 g/mol. The summed E-state index contributed by atoms with van der Waals surface area (Å²) >= 11 is 0. The van der Waals surface area contributed by atoms with Gasteiger partial charge < -0.3 is 4.90 Å². The molecule has 1 aromatic rings. The number of benzene rings is 1. The minimum Gasteiger partial charge on any atom is -0.337 e. The third kappa shape index (κ3) is 4.41. The Morgan fingerprint density at radius 2 is 1.81 bits per heavy atom. The molecule has 3 aliphatic rings. The van der Waals surface area contributed by atoms with Crippen molar-refractivity contribution in [1.29, 1.82) is 0 Å². The van der Waals surface area contributed by atoms with Crippen molar-refractivity contribution < 1.29 is 26.4 Å². The first kappa shape index (κ1) is 22.0. The molecule has 0 aliphatic carbocycles. The fourth-order valence-corrected chi connectivity index (χ4v) is 5.39. The predicted molar refractivity (Wildman–Crippen MR) is 110 cm³/mol. The van der Waals surface area contributed by atoms with E-state index in [4.69, 9.17) is 0 Å². The molecule has 4 rings (SSSR count). The van der Waals surface area contributed by atoms with Crippen molar-refractivity contribution in [3.63, 3.8) is 0 Å². The smallest absolute Gasteiger partial charge is 0.337 e. The van der Waals surface area contributed by atoms with Gasteiger partial charge in [0.15, 0.2) is 0 Å². The van der Waals surface area contributed by atoms with Crippen LogP contribution in [0.4, 0.5) is 13.2 Å². The Morgan fingerprint density at radius 1 is 1.13 bits per heavy atom. The van der Waals surface area contributed by atoms with E-state index in [-0.39, 0.29) is 23.9 Å². The van der Waals surface area contributed by atoms with Crippen molar-refractivity contribution in [1.82, 2.24) is 9.21 Å². The molecule has 0 saturated carbocycles. The largest absolute Gasteiger partial charge is 0.416 e. The van der Waals surface area contributed by atoms with Crippen molar-refractivity contribution >= 4 is 21.6 Å². The van der Waals surface area contributed by atoms with Crippen LogP contribution >= 0.6 is 0 Å². The van der Waals surface area contributed by atoms with Crippen molar-refractivity contribution in [2.75, 3.05) is 39.0 Å². The first-order valence-electron chi connectivity index (χ1n) is 10.2. The van der Waals surface area contributed by atoms with Gasteiger partial charge in [-0.2, -0.15) is 17.5 Å². The van der Waals surface area contributed by atoms with Crippen LogP contribution in [0.25, 0.3) is 0 Å². The van der Waals surface area contributed by atoms with Gasteiger partial charge in [0.05, 0.1) is 18.4 Å². The second-order valence-electron chi connectivity index (χ2n) is 8.24. The number of carbonyl (C=O) groups is 1. The van der Waals surface area contributed by atoms with Gasteiger partial charge in [0.2, 0.25) is 10.0 Å². The van der Waals surface area contributed by atoms with Gasteiger partial charge in [-0.25, -0.2) is 8.42 Å². The molecule has 10 heteroatoms. The lowest BCUT2D eigenvalue weighted by Gasteiger charge is -2.34. The van der Waals surface area contributed by atoms with Crippen LogP contribution in [-0.2, 0) is 21.0 Å². The number of hydrogen-bond acceptors (Lipinski definition) is 4. The molecule has 0 aromatic heterocycles. The standard InChI is InChI=1S/C21H24F3N3O3S/c1-31(29,30)27-11-8-15-12-25-19(17(15)13-27)20(28)26-9-6-14(7-10-26)16-4-2-3-5-18(16)21(22,23)24/h2-5,14H,6-13H2,1H3. The molecule has 3 aliphatic heterocycles. The van der Waals surface area contributed by atoms with Crippen LogP contribution in [0.15, 0.2) is 40.4 Å². The zero-order chi connectivity index (χ0) is 22.4. The fourth-order valence-electron chi connectivity index (χ4n) is 4.60. The maximum Gasteiger partial charge on any atom is 0.416 e. The summed E-state index contributed by atoms with van der Waals surface area (Å²) in [7, 11) is -3.37. The summed E-state index contributed by atoms with van der Waals surface area (Å²) in [6.07, 6.45) is -1.83. The number of rotatable bonds is 3. The van der Waals surface area contributed by atoms with E-state index in [1.807, 2.05) is 0 Å². The summed E-state index contributed by atoms with van der Waals surface area (Å²) in [4.78, 5) is 19.1. The average Bonchev–Trinajstić information content (AvgIpc) is 3.15. The Hall–Kier alpha value is -2.20. The third-order valence-corrected chi connectivity index (χ3v) is 7.55. The zero-order valence-corrected chi connectivity index (χ0v) is 18.0. The van der Waals surface area contributed by atoms with E-state index >= 15 is 0 Å². The topological polar surface area (TPSA) is 70.1 Å². The number of sulfonamides is 1. The van der Waals surface area contributed by atoms with Crippen LogP contribution < -0.4 is 0 Å². The van der Waals surface area contributed by atoms with Gasteiger partial charge in [0.1, 0.15) is 5.71 Å². The number of carbonyl (C=O) groups excluding carboxylic acids is 1. The highest BCUT2D eigenvalue weighted by Crippen LogP contribution is 2.39. The van der Waals surface area contributed by atoms with Gasteiger partial charge in [-0.3, -0.25) is 9.79 Å². The molecule has 0 radical (unpaired) electrons. The Morgan fingerprint density at radius 3 is 2.45 bits per heavy atom. The molecule has 3 heterocycles. The lowest BCUT2D eigenvalue weighted by atomic mass is 9.86. The Labute approximate surface area is 179 Å². The molecule has 6 nitrogen and oxygen atoms in total. The van der Waals surface area contributed by atoms with Crippen LogP contribution in [-0.4, -0.2) is 68.2 Å². The van der Waals surface area contributed by atoms with Gasteiger partial charge in [-0.1, -0.05) is 18.2 Å². The minimum atomic E-state index is -4.41. The van der Waals surface area contributed by atoms with E-state index < -0.39 is 21.8 Å². The molecule has 31 heavy (non-hydrogen) atoms. The molecule has 0 atom stereocenters. The number of hydrogen-bond donors (Lipinski definition) is 0. The van der Waals surface area contributed by atoms with Crippen molar-refractivity contribution in [2.24, 2.45) is 4.99 Å². The summed E-state index contributed by atoms with van der Waals surface area (Å²) in [6, 6.07) is 5.62. The van der Waals surface area contributed by atoms with E-state index in [0.29, 0.717) is 56.7 Å². The molecule has 168 valence electrons. The highest BCUT2D eigenvalue weighted by atomic mass is 32.2. The molecule has 1 amide bonds. The summed E-state index contributed by atoms with van der Waals surface area (Å²) < 4.78 is 65.2. The molecule has 1 aromatic carbocycles. The van der Waals surface area contributed by atoms with E-state index in [1.54, 1.807) is 11.0 Å². The number of likely N-dealkylation sites (tertiary alicyclic amines) is 1. The number of piperidine rings is 1. The summed E-state index contributed by atoms with van der Waals surface area (Å²) in [6.45, 7) is 1.62. The van der Waals surface area contributed by atoms with Gasteiger partial charge in [-0.15, -0.1) is 0 Å². The summed E-state index contributed by atoms with van der Waals surface area (Å²) in [5.74, 6) is -0.527. The number of alkyl halides is 3. The highest BCUT2D eigenvalue weighted by Gasteiger charge is 2.38. The van der Waals surface area contributed by atoms with Crippen molar-refractivity contribution in [2.45, 2.75) is 31.4 Å². The molecule has 0 spiro atoms. The van der Waals surface area contributed by atoms with Crippen molar-refractivity contribution in [3.8, 4) is 0 Å². The molecular formula is C21H24F3N3O3S. The van der Waals surface area contributed by atoms with Crippen LogP contribution in [0.5, 0.6) is 0 Å². The zero-order valence-electron chi connectivity index (χ0n) is 17.2. The van der Waals surface area contributed by atoms with Crippen LogP contribution in [0, 0.1) is 0 Å². The predicted octanol–water partition coefficient (Wildman–Crippen LogP) is 2.83. The van der Waals surface area contributed by atoms with Crippen LogP contribution in [0.1, 0.15) is 36.3 Å².